The molecule has 1 rings (SSSR count). The summed E-state index contributed by atoms with van der Waals surface area (Å²) in [5.41, 5.74) is 5.92. The predicted octanol–water partition coefficient (Wildman–Crippen LogP) is 2.75. The van der Waals surface area contributed by atoms with E-state index in [0.29, 0.717) is 13.0 Å². The van der Waals surface area contributed by atoms with Crippen molar-refractivity contribution in [3.8, 4) is 0 Å². The Bertz CT molecular complexity index is 269. The molecule has 0 aromatic carbocycles. The van der Waals surface area contributed by atoms with Gasteiger partial charge in [0, 0.05) is 19.1 Å². The van der Waals surface area contributed by atoms with Crippen LogP contribution in [0.25, 0.3) is 0 Å². The molecular weight excluding hydrogens is 252 g/mol. The number of nitrogens with one attached hydrogen (secondary N) is 1. The number of hydrogen-bond donors (Lipinski definition) is 2. The summed E-state index contributed by atoms with van der Waals surface area (Å²) in [7, 11) is 0. The Morgan fingerprint density at radius 1 is 1.15 bits per heavy atom. The van der Waals surface area contributed by atoms with Crippen molar-refractivity contribution >= 4 is 5.91 Å². The van der Waals surface area contributed by atoms with E-state index < -0.39 is 0 Å². The van der Waals surface area contributed by atoms with Crippen LogP contribution in [0.5, 0.6) is 0 Å². The fourth-order valence-corrected chi connectivity index (χ4v) is 2.73. The third-order valence-corrected chi connectivity index (χ3v) is 4.08. The van der Waals surface area contributed by atoms with E-state index in [9.17, 15) is 4.79 Å². The van der Waals surface area contributed by atoms with E-state index in [-0.39, 0.29) is 24.1 Å². The highest BCUT2D eigenvalue weighted by molar-refractivity contribution is 5.76. The molecule has 20 heavy (non-hydrogen) atoms. The molecule has 0 radical (unpaired) electrons. The van der Waals surface area contributed by atoms with Gasteiger partial charge in [-0.15, -0.1) is 0 Å². The molecule has 4 nitrogen and oxygen atoms in total. The first-order valence-electron chi connectivity index (χ1n) is 8.35. The molecule has 0 aromatic heterocycles. The number of carbonyl (C=O) groups excluding carboxylic acids is 1. The maximum absolute atomic E-state index is 11.9. The van der Waals surface area contributed by atoms with Crippen molar-refractivity contribution in [3.63, 3.8) is 0 Å². The number of ether oxygens (including phenoxy) is 1. The Morgan fingerprint density at radius 2 is 1.80 bits per heavy atom. The van der Waals surface area contributed by atoms with Crippen LogP contribution in [-0.4, -0.2) is 30.7 Å². The third-order valence-electron chi connectivity index (χ3n) is 4.08. The van der Waals surface area contributed by atoms with E-state index in [2.05, 4.69) is 12.2 Å². The van der Waals surface area contributed by atoms with Crippen LogP contribution < -0.4 is 11.1 Å². The summed E-state index contributed by atoms with van der Waals surface area (Å²) >= 11 is 0. The second-order valence-electron chi connectivity index (χ2n) is 5.86. The van der Waals surface area contributed by atoms with E-state index >= 15 is 0 Å². The maximum atomic E-state index is 11.9. The third kappa shape index (κ3) is 6.23. The Kier molecular flexibility index (Phi) is 8.86. The van der Waals surface area contributed by atoms with Crippen LogP contribution in [0.1, 0.15) is 71.6 Å². The highest BCUT2D eigenvalue weighted by atomic mass is 16.5. The Hall–Kier alpha value is -0.610. The topological polar surface area (TPSA) is 64.4 Å². The van der Waals surface area contributed by atoms with Crippen LogP contribution in [0.15, 0.2) is 0 Å². The van der Waals surface area contributed by atoms with Crippen molar-refractivity contribution in [2.75, 3.05) is 6.61 Å². The lowest BCUT2D eigenvalue weighted by atomic mass is 9.83. The van der Waals surface area contributed by atoms with Gasteiger partial charge in [0.15, 0.2) is 0 Å². The van der Waals surface area contributed by atoms with E-state index in [1.54, 1.807) is 0 Å². The Labute approximate surface area is 123 Å². The molecule has 1 fully saturated rings. The van der Waals surface area contributed by atoms with Gasteiger partial charge in [-0.25, -0.2) is 0 Å². The fraction of sp³-hybridized carbons (Fsp3) is 0.938. The van der Waals surface area contributed by atoms with Crippen LogP contribution in [0.3, 0.4) is 0 Å². The van der Waals surface area contributed by atoms with Crippen molar-refractivity contribution in [1.29, 1.82) is 0 Å². The molecule has 1 aliphatic rings. The first-order chi connectivity index (χ1) is 9.69. The highest BCUT2D eigenvalue weighted by Gasteiger charge is 2.40. The summed E-state index contributed by atoms with van der Waals surface area (Å²) in [6.07, 6.45) is 10.2. The molecule has 0 aromatic rings. The van der Waals surface area contributed by atoms with Gasteiger partial charge in [-0.3, -0.25) is 4.79 Å². The van der Waals surface area contributed by atoms with Crippen LogP contribution in [-0.2, 0) is 9.53 Å². The van der Waals surface area contributed by atoms with Gasteiger partial charge < -0.3 is 15.8 Å². The molecule has 3 unspecified atom stereocenters. The lowest BCUT2D eigenvalue weighted by Crippen LogP contribution is -2.64. The van der Waals surface area contributed by atoms with E-state index in [1.807, 2.05) is 6.92 Å². The molecule has 0 saturated heterocycles. The first-order valence-corrected chi connectivity index (χ1v) is 8.35. The van der Waals surface area contributed by atoms with Crippen LogP contribution in [0.4, 0.5) is 0 Å². The normalized spacial score (nSPS) is 25.2. The Balaban J connectivity index is 2.02. The van der Waals surface area contributed by atoms with Gasteiger partial charge in [-0.1, -0.05) is 45.4 Å². The number of amides is 1. The molecule has 0 bridgehead atoms. The minimum Gasteiger partial charge on any atom is -0.376 e. The summed E-state index contributed by atoms with van der Waals surface area (Å²) in [6.45, 7) is 4.88. The lowest BCUT2D eigenvalue weighted by Gasteiger charge is -2.42. The van der Waals surface area contributed by atoms with Crippen LogP contribution >= 0.6 is 0 Å². The second kappa shape index (κ2) is 10.2. The van der Waals surface area contributed by atoms with Gasteiger partial charge in [0.1, 0.15) is 0 Å². The van der Waals surface area contributed by atoms with Crippen molar-refractivity contribution in [2.45, 2.75) is 89.8 Å². The number of unbranched alkanes of at least 4 members (excludes halogenated alkanes) is 6. The smallest absolute Gasteiger partial charge is 0.220 e. The lowest BCUT2D eigenvalue weighted by molar-refractivity contribution is -0.125. The molecule has 3 atom stereocenters. The maximum Gasteiger partial charge on any atom is 0.220 e. The highest BCUT2D eigenvalue weighted by Crippen LogP contribution is 2.22. The number of carbonyl (C=O) groups is 1. The zero-order valence-electron chi connectivity index (χ0n) is 13.2. The minimum atomic E-state index is 0.0204. The zero-order valence-corrected chi connectivity index (χ0v) is 13.2. The van der Waals surface area contributed by atoms with Gasteiger partial charge >= 0.3 is 0 Å². The van der Waals surface area contributed by atoms with Crippen molar-refractivity contribution in [2.24, 2.45) is 5.73 Å². The van der Waals surface area contributed by atoms with Crippen molar-refractivity contribution < 1.29 is 9.53 Å². The van der Waals surface area contributed by atoms with Crippen molar-refractivity contribution in [1.82, 2.24) is 5.32 Å². The SMILES string of the molecule is CCCCCCCCCC(=O)NC1C(N)CC1OCC. The number of nitrogens with two attached hydrogens (primary N) is 1. The predicted molar refractivity (Wildman–Crippen MR) is 82.5 cm³/mol. The van der Waals surface area contributed by atoms with Gasteiger partial charge in [-0.2, -0.15) is 0 Å². The second-order valence-corrected chi connectivity index (χ2v) is 5.86. The summed E-state index contributed by atoms with van der Waals surface area (Å²) < 4.78 is 5.55. The molecule has 0 spiro atoms. The van der Waals surface area contributed by atoms with Gasteiger partial charge in [0.25, 0.3) is 0 Å². The van der Waals surface area contributed by atoms with E-state index in [0.717, 1.165) is 19.3 Å². The molecule has 1 aliphatic carbocycles. The standard InChI is InChI=1S/C16H32N2O2/c1-3-5-6-7-8-9-10-11-15(19)18-16-13(17)12-14(16)20-4-2/h13-14,16H,3-12,17H2,1-2H3,(H,18,19). The fourth-order valence-electron chi connectivity index (χ4n) is 2.73. The van der Waals surface area contributed by atoms with Crippen LogP contribution in [0.2, 0.25) is 0 Å². The van der Waals surface area contributed by atoms with E-state index in [1.165, 1.54) is 32.1 Å². The van der Waals surface area contributed by atoms with E-state index in [4.69, 9.17) is 10.5 Å². The first kappa shape index (κ1) is 17.4. The van der Waals surface area contributed by atoms with Crippen molar-refractivity contribution in [3.05, 3.63) is 0 Å². The summed E-state index contributed by atoms with van der Waals surface area (Å²) in [5.74, 6) is 0.128. The summed E-state index contributed by atoms with van der Waals surface area (Å²) in [5, 5.41) is 3.02. The Morgan fingerprint density at radius 3 is 2.40 bits per heavy atom. The zero-order chi connectivity index (χ0) is 14.8. The summed E-state index contributed by atoms with van der Waals surface area (Å²) in [4.78, 5) is 11.9. The molecule has 118 valence electrons. The largest absolute Gasteiger partial charge is 0.376 e. The van der Waals surface area contributed by atoms with Gasteiger partial charge in [0.05, 0.1) is 12.1 Å². The molecule has 4 heteroatoms. The monoisotopic (exact) mass is 284 g/mol. The molecular formula is C16H32N2O2. The van der Waals surface area contributed by atoms with Gasteiger partial charge in [-0.05, 0) is 19.8 Å². The molecule has 0 aliphatic heterocycles. The minimum absolute atomic E-state index is 0.0204. The molecule has 1 amide bonds. The number of rotatable bonds is 11. The average molecular weight is 284 g/mol. The van der Waals surface area contributed by atoms with Gasteiger partial charge in [0.2, 0.25) is 5.91 Å². The summed E-state index contributed by atoms with van der Waals surface area (Å²) in [6, 6.07) is 0.0801. The molecule has 3 N–H and O–H groups in total. The van der Waals surface area contributed by atoms with Crippen LogP contribution in [0, 0.1) is 0 Å². The quantitative estimate of drug-likeness (QED) is 0.573. The molecule has 0 heterocycles. The number of hydrogen-bond acceptors (Lipinski definition) is 3. The average Bonchev–Trinajstić information content (AvgIpc) is 2.44. The molecule has 1 saturated carbocycles.